The van der Waals surface area contributed by atoms with Crippen molar-refractivity contribution in [1.82, 2.24) is 0 Å². The number of fused-ring (bicyclic) bond motifs is 1. The van der Waals surface area contributed by atoms with Crippen molar-refractivity contribution in [3.05, 3.63) is 35.1 Å². The summed E-state index contributed by atoms with van der Waals surface area (Å²) in [7, 11) is 0. The smallest absolute Gasteiger partial charge is 0.314 e. The standard InChI is InChI=1S/C15H14O4/c1-8-9(2)18-13-4-3-10(5-12(8)13)11-6-14(16)19-15(17)7-11/h3-5,11H,6-7H2,1-2H3. The Kier molecular flexibility index (Phi) is 2.66. The highest BCUT2D eigenvalue weighted by molar-refractivity contribution is 5.90. The van der Waals surface area contributed by atoms with Gasteiger partial charge in [0.2, 0.25) is 0 Å². The second-order valence-corrected chi connectivity index (χ2v) is 4.99. The Balaban J connectivity index is 2.03. The van der Waals surface area contributed by atoms with Gasteiger partial charge in [-0.2, -0.15) is 0 Å². The minimum Gasteiger partial charge on any atom is -0.461 e. The van der Waals surface area contributed by atoms with Crippen molar-refractivity contribution < 1.29 is 18.7 Å². The first-order valence-corrected chi connectivity index (χ1v) is 6.28. The fraction of sp³-hybridized carbons (Fsp3) is 0.333. The molecule has 1 aromatic heterocycles. The summed E-state index contributed by atoms with van der Waals surface area (Å²) in [6.07, 6.45) is 0.514. The number of hydrogen-bond donors (Lipinski definition) is 0. The van der Waals surface area contributed by atoms with Crippen LogP contribution < -0.4 is 0 Å². The lowest BCUT2D eigenvalue weighted by Crippen LogP contribution is -2.24. The molecule has 1 aliphatic heterocycles. The van der Waals surface area contributed by atoms with E-state index in [9.17, 15) is 9.59 Å². The van der Waals surface area contributed by atoms with E-state index in [0.717, 1.165) is 27.9 Å². The molecule has 98 valence electrons. The summed E-state index contributed by atoms with van der Waals surface area (Å²) in [6.45, 7) is 3.93. The maximum Gasteiger partial charge on any atom is 0.314 e. The third-order valence-electron chi connectivity index (χ3n) is 3.72. The quantitative estimate of drug-likeness (QED) is 0.583. The van der Waals surface area contributed by atoms with E-state index in [2.05, 4.69) is 4.74 Å². The molecule has 1 aliphatic rings. The third-order valence-corrected chi connectivity index (χ3v) is 3.72. The lowest BCUT2D eigenvalue weighted by molar-refractivity contribution is -0.163. The Morgan fingerprint density at radius 3 is 2.47 bits per heavy atom. The summed E-state index contributed by atoms with van der Waals surface area (Å²) < 4.78 is 10.2. The Hall–Kier alpha value is -2.10. The number of cyclic esters (lactones) is 2. The first-order valence-electron chi connectivity index (χ1n) is 6.28. The molecule has 0 bridgehead atoms. The predicted octanol–water partition coefficient (Wildman–Crippen LogP) is 3.00. The third kappa shape index (κ3) is 2.03. The number of rotatable bonds is 1. The summed E-state index contributed by atoms with van der Waals surface area (Å²) >= 11 is 0. The molecule has 4 nitrogen and oxygen atoms in total. The molecule has 0 amide bonds. The SMILES string of the molecule is Cc1oc2ccc(C3CC(=O)OC(=O)C3)cc2c1C. The lowest BCUT2D eigenvalue weighted by Gasteiger charge is -2.20. The van der Waals surface area contributed by atoms with E-state index in [1.165, 1.54) is 0 Å². The Labute approximate surface area is 110 Å². The van der Waals surface area contributed by atoms with Crippen LogP contribution in [0.4, 0.5) is 0 Å². The van der Waals surface area contributed by atoms with Crippen molar-refractivity contribution in [1.29, 1.82) is 0 Å². The summed E-state index contributed by atoms with van der Waals surface area (Å²) in [6, 6.07) is 5.83. The molecular formula is C15H14O4. The highest BCUT2D eigenvalue weighted by atomic mass is 16.6. The number of furan rings is 1. The number of carbonyl (C=O) groups excluding carboxylic acids is 2. The van der Waals surface area contributed by atoms with E-state index >= 15 is 0 Å². The molecule has 0 spiro atoms. The Morgan fingerprint density at radius 1 is 1.11 bits per heavy atom. The number of ether oxygens (including phenoxy) is 1. The molecule has 1 saturated heterocycles. The molecule has 19 heavy (non-hydrogen) atoms. The molecule has 0 unspecified atom stereocenters. The molecule has 1 aromatic carbocycles. The van der Waals surface area contributed by atoms with Crippen LogP contribution in [0.5, 0.6) is 0 Å². The van der Waals surface area contributed by atoms with Crippen LogP contribution in [0.25, 0.3) is 11.0 Å². The van der Waals surface area contributed by atoms with Gasteiger partial charge in [-0.1, -0.05) is 6.07 Å². The monoisotopic (exact) mass is 258 g/mol. The van der Waals surface area contributed by atoms with Crippen LogP contribution in [0.15, 0.2) is 22.6 Å². The van der Waals surface area contributed by atoms with E-state index < -0.39 is 11.9 Å². The van der Waals surface area contributed by atoms with Crippen molar-refractivity contribution in [2.45, 2.75) is 32.6 Å². The fourth-order valence-electron chi connectivity index (χ4n) is 2.54. The van der Waals surface area contributed by atoms with E-state index in [1.54, 1.807) is 0 Å². The van der Waals surface area contributed by atoms with E-state index in [1.807, 2.05) is 32.0 Å². The number of esters is 2. The van der Waals surface area contributed by atoms with Gasteiger partial charge in [-0.05, 0) is 37.1 Å². The molecule has 0 radical (unpaired) electrons. The van der Waals surface area contributed by atoms with Crippen LogP contribution in [0.1, 0.15) is 35.6 Å². The van der Waals surface area contributed by atoms with Crippen molar-refractivity contribution in [3.63, 3.8) is 0 Å². The minimum atomic E-state index is -0.443. The zero-order chi connectivity index (χ0) is 13.6. The maximum atomic E-state index is 11.3. The van der Waals surface area contributed by atoms with Gasteiger partial charge in [0.1, 0.15) is 11.3 Å². The second-order valence-electron chi connectivity index (χ2n) is 4.99. The highest BCUT2D eigenvalue weighted by Crippen LogP contribution is 2.32. The molecule has 0 N–H and O–H groups in total. The van der Waals surface area contributed by atoms with Crippen LogP contribution in [0, 0.1) is 13.8 Å². The van der Waals surface area contributed by atoms with E-state index in [0.29, 0.717) is 0 Å². The molecule has 1 fully saturated rings. The number of aryl methyl sites for hydroxylation is 2. The summed E-state index contributed by atoms with van der Waals surface area (Å²) in [5.74, 6) is -0.0816. The maximum absolute atomic E-state index is 11.3. The number of benzene rings is 1. The van der Waals surface area contributed by atoms with Gasteiger partial charge < -0.3 is 9.15 Å². The van der Waals surface area contributed by atoms with Crippen LogP contribution >= 0.6 is 0 Å². The molecule has 4 heteroatoms. The average Bonchev–Trinajstić information content (AvgIpc) is 2.64. The number of hydrogen-bond acceptors (Lipinski definition) is 4. The molecule has 2 heterocycles. The molecule has 3 rings (SSSR count). The van der Waals surface area contributed by atoms with Crippen LogP contribution in [0.2, 0.25) is 0 Å². The van der Waals surface area contributed by atoms with Crippen molar-refractivity contribution in [3.8, 4) is 0 Å². The Morgan fingerprint density at radius 2 is 1.79 bits per heavy atom. The normalized spacial score (nSPS) is 16.9. The van der Waals surface area contributed by atoms with Gasteiger partial charge in [-0.15, -0.1) is 0 Å². The molecule has 0 saturated carbocycles. The first kappa shape index (κ1) is 12.0. The van der Waals surface area contributed by atoms with E-state index in [-0.39, 0.29) is 18.8 Å². The van der Waals surface area contributed by atoms with Gasteiger partial charge in [-0.25, -0.2) is 0 Å². The van der Waals surface area contributed by atoms with Gasteiger partial charge in [0.05, 0.1) is 12.8 Å². The molecule has 0 atom stereocenters. The van der Waals surface area contributed by atoms with Crippen molar-refractivity contribution in [2.24, 2.45) is 0 Å². The van der Waals surface area contributed by atoms with Crippen molar-refractivity contribution in [2.75, 3.05) is 0 Å². The largest absolute Gasteiger partial charge is 0.461 e. The molecule has 2 aromatic rings. The van der Waals surface area contributed by atoms with Crippen LogP contribution in [-0.4, -0.2) is 11.9 Å². The topological polar surface area (TPSA) is 56.5 Å². The Bertz CT molecular complexity index is 665. The minimum absolute atomic E-state index is 0.0900. The van der Waals surface area contributed by atoms with Crippen LogP contribution in [-0.2, 0) is 14.3 Å². The van der Waals surface area contributed by atoms with Gasteiger partial charge >= 0.3 is 11.9 Å². The van der Waals surface area contributed by atoms with Crippen molar-refractivity contribution >= 4 is 22.9 Å². The predicted molar refractivity (Wildman–Crippen MR) is 68.8 cm³/mol. The zero-order valence-corrected chi connectivity index (χ0v) is 10.9. The molecular weight excluding hydrogens is 244 g/mol. The van der Waals surface area contributed by atoms with Gasteiger partial charge in [0, 0.05) is 11.3 Å². The van der Waals surface area contributed by atoms with Crippen LogP contribution in [0.3, 0.4) is 0 Å². The average molecular weight is 258 g/mol. The first-order chi connectivity index (χ1) is 9.04. The second kappa shape index (κ2) is 4.23. The number of carbonyl (C=O) groups is 2. The fourth-order valence-corrected chi connectivity index (χ4v) is 2.54. The summed E-state index contributed by atoms with van der Waals surface area (Å²) in [5, 5.41) is 1.04. The van der Waals surface area contributed by atoms with Gasteiger partial charge in [0.15, 0.2) is 0 Å². The summed E-state index contributed by atoms with van der Waals surface area (Å²) in [4.78, 5) is 22.7. The van der Waals surface area contributed by atoms with Gasteiger partial charge in [-0.3, -0.25) is 9.59 Å². The van der Waals surface area contributed by atoms with Gasteiger partial charge in [0.25, 0.3) is 0 Å². The van der Waals surface area contributed by atoms with E-state index in [4.69, 9.17) is 4.42 Å². The highest BCUT2D eigenvalue weighted by Gasteiger charge is 2.28. The molecule has 0 aliphatic carbocycles. The summed E-state index contributed by atoms with van der Waals surface area (Å²) in [5.41, 5.74) is 2.92. The lowest BCUT2D eigenvalue weighted by atomic mass is 9.90. The zero-order valence-electron chi connectivity index (χ0n) is 10.9.